The molecule has 0 radical (unpaired) electrons. The monoisotopic (exact) mass is 260 g/mol. The molecule has 0 aliphatic rings. The van der Waals surface area contributed by atoms with Gasteiger partial charge in [0.1, 0.15) is 0 Å². The Balaban J connectivity index is 2.17. The summed E-state index contributed by atoms with van der Waals surface area (Å²) in [7, 11) is 0. The minimum atomic E-state index is 0.283. The number of rotatable bonds is 4. The van der Waals surface area contributed by atoms with Gasteiger partial charge in [0.15, 0.2) is 0 Å². The number of halogens is 1. The number of pyridine rings is 1. The third-order valence-corrected chi connectivity index (χ3v) is 3.15. The lowest BCUT2D eigenvalue weighted by atomic mass is 10.0. The summed E-state index contributed by atoms with van der Waals surface area (Å²) in [5.74, 6) is 0. The molecular formula is C15H17ClN2. The molecular weight excluding hydrogens is 244 g/mol. The molecule has 2 aromatic rings. The van der Waals surface area contributed by atoms with Crippen LogP contribution in [0, 0.1) is 6.92 Å². The summed E-state index contributed by atoms with van der Waals surface area (Å²) in [6.07, 6.45) is 4.72. The molecule has 0 saturated heterocycles. The Morgan fingerprint density at radius 1 is 1.22 bits per heavy atom. The summed E-state index contributed by atoms with van der Waals surface area (Å²) >= 11 is 5.91. The molecule has 0 saturated carbocycles. The highest BCUT2D eigenvalue weighted by Gasteiger charge is 2.09. The highest BCUT2D eigenvalue weighted by molar-refractivity contribution is 6.30. The van der Waals surface area contributed by atoms with Crippen LogP contribution in [0.15, 0.2) is 42.7 Å². The van der Waals surface area contributed by atoms with E-state index in [1.54, 1.807) is 0 Å². The summed E-state index contributed by atoms with van der Waals surface area (Å²) in [5.41, 5.74) is 3.45. The molecule has 0 amide bonds. The maximum atomic E-state index is 5.91. The van der Waals surface area contributed by atoms with Gasteiger partial charge in [-0.25, -0.2) is 0 Å². The first-order valence-electron chi connectivity index (χ1n) is 6.12. The summed E-state index contributed by atoms with van der Waals surface area (Å²) in [6.45, 7) is 4.21. The number of nitrogens with one attached hydrogen (secondary N) is 1. The van der Waals surface area contributed by atoms with E-state index in [4.69, 9.17) is 11.6 Å². The molecule has 94 valence electrons. The molecule has 0 bridgehead atoms. The molecule has 2 rings (SSSR count). The summed E-state index contributed by atoms with van der Waals surface area (Å²) in [4.78, 5) is 4.20. The average Bonchev–Trinajstić information content (AvgIpc) is 2.37. The fourth-order valence-corrected chi connectivity index (χ4v) is 2.08. The Kier molecular flexibility index (Phi) is 4.21. The van der Waals surface area contributed by atoms with Gasteiger partial charge in [0.2, 0.25) is 0 Å². The number of nitrogens with zero attached hydrogens (tertiary/aromatic N) is 1. The van der Waals surface area contributed by atoms with Gasteiger partial charge in [-0.2, -0.15) is 0 Å². The fraction of sp³-hybridized carbons (Fsp3) is 0.267. The minimum Gasteiger partial charge on any atom is -0.377 e. The van der Waals surface area contributed by atoms with Crippen LogP contribution in [0.2, 0.25) is 5.02 Å². The van der Waals surface area contributed by atoms with Crippen molar-refractivity contribution in [3.05, 3.63) is 58.9 Å². The lowest BCUT2D eigenvalue weighted by Gasteiger charge is -2.18. The fourth-order valence-electron chi connectivity index (χ4n) is 1.95. The predicted octanol–water partition coefficient (Wildman–Crippen LogP) is 4.61. The Morgan fingerprint density at radius 3 is 2.56 bits per heavy atom. The van der Waals surface area contributed by atoms with Crippen LogP contribution in [0.3, 0.4) is 0 Å². The van der Waals surface area contributed by atoms with Gasteiger partial charge in [-0.3, -0.25) is 4.98 Å². The van der Waals surface area contributed by atoms with Crippen molar-refractivity contribution in [1.29, 1.82) is 0 Å². The van der Waals surface area contributed by atoms with Crippen LogP contribution in [0.1, 0.15) is 30.5 Å². The van der Waals surface area contributed by atoms with E-state index in [2.05, 4.69) is 35.4 Å². The smallest absolute Gasteiger partial charge is 0.0534 e. The van der Waals surface area contributed by atoms with Gasteiger partial charge < -0.3 is 5.32 Å². The second-order valence-electron chi connectivity index (χ2n) is 4.41. The Morgan fingerprint density at radius 2 is 1.94 bits per heavy atom. The van der Waals surface area contributed by atoms with Crippen LogP contribution in [-0.4, -0.2) is 4.98 Å². The van der Waals surface area contributed by atoms with Gasteiger partial charge >= 0.3 is 0 Å². The van der Waals surface area contributed by atoms with Crippen LogP contribution in [0.5, 0.6) is 0 Å². The number of anilines is 1. The van der Waals surface area contributed by atoms with E-state index in [0.717, 1.165) is 22.7 Å². The van der Waals surface area contributed by atoms with Crippen LogP contribution >= 0.6 is 11.6 Å². The topological polar surface area (TPSA) is 24.9 Å². The van der Waals surface area contributed by atoms with E-state index in [-0.39, 0.29) is 6.04 Å². The molecule has 1 aromatic heterocycles. The van der Waals surface area contributed by atoms with Crippen molar-refractivity contribution >= 4 is 17.3 Å². The summed E-state index contributed by atoms with van der Waals surface area (Å²) in [6, 6.07) is 10.4. The number of aryl methyl sites for hydroxylation is 1. The Hall–Kier alpha value is -1.54. The molecule has 1 atom stereocenters. The number of benzene rings is 1. The Labute approximate surface area is 113 Å². The molecule has 3 heteroatoms. The zero-order chi connectivity index (χ0) is 13.0. The molecule has 1 heterocycles. The first-order chi connectivity index (χ1) is 8.69. The zero-order valence-corrected chi connectivity index (χ0v) is 11.4. The van der Waals surface area contributed by atoms with E-state index >= 15 is 0 Å². The van der Waals surface area contributed by atoms with Gasteiger partial charge in [-0.1, -0.05) is 30.7 Å². The van der Waals surface area contributed by atoms with Crippen molar-refractivity contribution in [2.24, 2.45) is 0 Å². The first-order valence-corrected chi connectivity index (χ1v) is 6.50. The SMILES string of the molecule is CCC(Nc1cncc(C)c1)c1ccc(Cl)cc1. The van der Waals surface area contributed by atoms with Crippen molar-refractivity contribution in [1.82, 2.24) is 4.98 Å². The van der Waals surface area contributed by atoms with Gasteiger partial charge in [0, 0.05) is 17.4 Å². The second-order valence-corrected chi connectivity index (χ2v) is 4.84. The normalized spacial score (nSPS) is 12.2. The van der Waals surface area contributed by atoms with Crippen LogP contribution < -0.4 is 5.32 Å². The van der Waals surface area contributed by atoms with Crippen molar-refractivity contribution < 1.29 is 0 Å². The van der Waals surface area contributed by atoms with E-state index in [9.17, 15) is 0 Å². The minimum absolute atomic E-state index is 0.283. The van der Waals surface area contributed by atoms with Crippen LogP contribution in [-0.2, 0) is 0 Å². The average molecular weight is 261 g/mol. The number of hydrogen-bond acceptors (Lipinski definition) is 2. The van der Waals surface area contributed by atoms with Crippen molar-refractivity contribution in [3.8, 4) is 0 Å². The van der Waals surface area contributed by atoms with Crippen molar-refractivity contribution in [2.45, 2.75) is 26.3 Å². The molecule has 1 unspecified atom stereocenters. The predicted molar refractivity (Wildman–Crippen MR) is 77.1 cm³/mol. The summed E-state index contributed by atoms with van der Waals surface area (Å²) in [5, 5.41) is 4.27. The third-order valence-electron chi connectivity index (χ3n) is 2.90. The van der Waals surface area contributed by atoms with Gasteiger partial charge in [0.25, 0.3) is 0 Å². The lowest BCUT2D eigenvalue weighted by Crippen LogP contribution is -2.09. The van der Waals surface area contributed by atoms with Gasteiger partial charge in [-0.05, 0) is 42.7 Å². The van der Waals surface area contributed by atoms with E-state index in [1.807, 2.05) is 31.5 Å². The number of hydrogen-bond donors (Lipinski definition) is 1. The highest BCUT2D eigenvalue weighted by atomic mass is 35.5. The molecule has 2 nitrogen and oxygen atoms in total. The van der Waals surface area contributed by atoms with Crippen molar-refractivity contribution in [2.75, 3.05) is 5.32 Å². The molecule has 0 spiro atoms. The molecule has 0 fully saturated rings. The van der Waals surface area contributed by atoms with Crippen LogP contribution in [0.4, 0.5) is 5.69 Å². The highest BCUT2D eigenvalue weighted by Crippen LogP contribution is 2.23. The maximum Gasteiger partial charge on any atom is 0.0534 e. The second kappa shape index (κ2) is 5.87. The standard InChI is InChI=1S/C15H17ClN2/c1-3-15(12-4-6-13(16)7-5-12)18-14-8-11(2)9-17-10-14/h4-10,15,18H,3H2,1-2H3. The molecule has 18 heavy (non-hydrogen) atoms. The lowest BCUT2D eigenvalue weighted by molar-refractivity contribution is 0.748. The zero-order valence-electron chi connectivity index (χ0n) is 10.7. The maximum absolute atomic E-state index is 5.91. The van der Waals surface area contributed by atoms with E-state index in [0.29, 0.717) is 0 Å². The number of aromatic nitrogens is 1. The molecule has 0 aliphatic heterocycles. The Bertz CT molecular complexity index is 508. The summed E-state index contributed by atoms with van der Waals surface area (Å²) < 4.78 is 0. The van der Waals surface area contributed by atoms with Crippen molar-refractivity contribution in [3.63, 3.8) is 0 Å². The van der Waals surface area contributed by atoms with E-state index in [1.165, 1.54) is 5.56 Å². The first kappa shape index (κ1) is 12.9. The molecule has 1 aromatic carbocycles. The molecule has 0 aliphatic carbocycles. The van der Waals surface area contributed by atoms with E-state index < -0.39 is 0 Å². The third kappa shape index (κ3) is 3.23. The quantitative estimate of drug-likeness (QED) is 0.869. The van der Waals surface area contributed by atoms with Gasteiger partial charge in [-0.15, -0.1) is 0 Å². The van der Waals surface area contributed by atoms with Crippen LogP contribution in [0.25, 0.3) is 0 Å². The largest absolute Gasteiger partial charge is 0.377 e. The van der Waals surface area contributed by atoms with Gasteiger partial charge in [0.05, 0.1) is 11.7 Å². The molecule has 1 N–H and O–H groups in total.